The van der Waals surface area contributed by atoms with Crippen LogP contribution >= 0.6 is 0 Å². The summed E-state index contributed by atoms with van der Waals surface area (Å²) in [6, 6.07) is 0. The van der Waals surface area contributed by atoms with E-state index in [1.165, 1.54) is 0 Å². The van der Waals surface area contributed by atoms with Gasteiger partial charge in [-0.05, 0) is 25.8 Å². The van der Waals surface area contributed by atoms with E-state index >= 15 is 0 Å². The molecule has 1 rings (SSSR count). The van der Waals surface area contributed by atoms with Gasteiger partial charge in [0.2, 0.25) is 5.91 Å². The Balaban J connectivity index is 2.19. The Bertz CT molecular complexity index is 195. The van der Waals surface area contributed by atoms with Crippen LogP contribution in [-0.4, -0.2) is 48.7 Å². The Kier molecular flexibility index (Phi) is 4.35. The number of carbonyl (C=O) groups is 1. The maximum atomic E-state index is 11.0. The summed E-state index contributed by atoms with van der Waals surface area (Å²) < 4.78 is 0. The predicted octanol–water partition coefficient (Wildman–Crippen LogP) is -0.175. The molecule has 0 spiro atoms. The summed E-state index contributed by atoms with van der Waals surface area (Å²) in [5.41, 5.74) is 0. The van der Waals surface area contributed by atoms with Crippen molar-refractivity contribution in [2.75, 3.05) is 26.7 Å². The highest BCUT2D eigenvalue weighted by molar-refractivity contribution is 5.75. The molecule has 1 fully saturated rings. The van der Waals surface area contributed by atoms with Crippen LogP contribution in [0.3, 0.4) is 0 Å². The first-order valence-electron chi connectivity index (χ1n) is 5.24. The predicted molar refractivity (Wildman–Crippen MR) is 54.9 cm³/mol. The van der Waals surface area contributed by atoms with Gasteiger partial charge in [-0.15, -0.1) is 0 Å². The summed E-state index contributed by atoms with van der Waals surface area (Å²) >= 11 is 0. The van der Waals surface area contributed by atoms with Crippen LogP contribution in [0.4, 0.5) is 0 Å². The summed E-state index contributed by atoms with van der Waals surface area (Å²) in [4.78, 5) is 13.2. The van der Waals surface area contributed by atoms with E-state index in [2.05, 4.69) is 10.2 Å². The van der Waals surface area contributed by atoms with E-state index in [0.717, 1.165) is 26.1 Å². The zero-order valence-electron chi connectivity index (χ0n) is 8.99. The van der Waals surface area contributed by atoms with Crippen LogP contribution in [0.2, 0.25) is 0 Å². The molecule has 0 radical (unpaired) electrons. The Morgan fingerprint density at radius 2 is 2.43 bits per heavy atom. The summed E-state index contributed by atoms with van der Waals surface area (Å²) in [7, 11) is 1.66. The third-order valence-electron chi connectivity index (χ3n) is 2.92. The number of hydrogen-bond acceptors (Lipinski definition) is 3. The molecule has 4 nitrogen and oxygen atoms in total. The Morgan fingerprint density at radius 3 is 2.93 bits per heavy atom. The summed E-state index contributed by atoms with van der Waals surface area (Å²) in [6.45, 7) is 4.58. The van der Waals surface area contributed by atoms with E-state index in [4.69, 9.17) is 0 Å². The molecule has 1 aliphatic rings. The van der Waals surface area contributed by atoms with Crippen molar-refractivity contribution in [3.8, 4) is 0 Å². The third-order valence-corrected chi connectivity index (χ3v) is 2.92. The van der Waals surface area contributed by atoms with Crippen molar-refractivity contribution in [3.05, 3.63) is 0 Å². The molecule has 0 bridgehead atoms. The molecule has 1 aliphatic heterocycles. The number of nitrogens with zero attached hydrogens (tertiary/aromatic N) is 1. The molecule has 1 heterocycles. The smallest absolute Gasteiger partial charge is 0.221 e. The van der Waals surface area contributed by atoms with Gasteiger partial charge >= 0.3 is 0 Å². The minimum atomic E-state index is -0.222. The molecule has 2 unspecified atom stereocenters. The monoisotopic (exact) mass is 200 g/mol. The van der Waals surface area contributed by atoms with Crippen LogP contribution < -0.4 is 5.32 Å². The van der Waals surface area contributed by atoms with Gasteiger partial charge in [0.1, 0.15) is 0 Å². The largest absolute Gasteiger partial charge is 0.393 e. The molecule has 2 atom stereocenters. The first-order valence-corrected chi connectivity index (χ1v) is 5.24. The van der Waals surface area contributed by atoms with Crippen molar-refractivity contribution in [2.45, 2.75) is 25.9 Å². The zero-order valence-corrected chi connectivity index (χ0v) is 8.99. The van der Waals surface area contributed by atoms with Crippen LogP contribution in [0.5, 0.6) is 0 Å². The van der Waals surface area contributed by atoms with Gasteiger partial charge in [0.15, 0.2) is 0 Å². The first kappa shape index (κ1) is 11.5. The number of amides is 1. The summed E-state index contributed by atoms with van der Waals surface area (Å²) in [5, 5.41) is 12.0. The van der Waals surface area contributed by atoms with Gasteiger partial charge < -0.3 is 15.3 Å². The fourth-order valence-electron chi connectivity index (χ4n) is 1.84. The highest BCUT2D eigenvalue weighted by atomic mass is 16.3. The highest BCUT2D eigenvalue weighted by Gasteiger charge is 2.25. The van der Waals surface area contributed by atoms with Crippen LogP contribution in [0, 0.1) is 5.92 Å². The minimum absolute atomic E-state index is 0.0884. The molecular formula is C10H20N2O2. The standard InChI is InChI=1S/C10H20N2O2/c1-8(13)9-3-5-12(7-9)6-4-10(14)11-2/h8-9,13H,3-7H2,1-2H3,(H,11,14). The van der Waals surface area contributed by atoms with Crippen LogP contribution in [0.25, 0.3) is 0 Å². The molecule has 0 aromatic rings. The maximum Gasteiger partial charge on any atom is 0.221 e. The van der Waals surface area contributed by atoms with Crippen molar-refractivity contribution >= 4 is 5.91 Å². The van der Waals surface area contributed by atoms with Crippen LogP contribution in [0.1, 0.15) is 19.8 Å². The molecule has 0 aromatic heterocycles. The lowest BCUT2D eigenvalue weighted by atomic mass is 10.0. The Labute approximate surface area is 85.3 Å². The lowest BCUT2D eigenvalue weighted by Gasteiger charge is -2.16. The molecule has 0 aliphatic carbocycles. The van der Waals surface area contributed by atoms with E-state index in [9.17, 15) is 9.90 Å². The Hall–Kier alpha value is -0.610. The van der Waals surface area contributed by atoms with Gasteiger partial charge in [-0.1, -0.05) is 0 Å². The quantitative estimate of drug-likeness (QED) is 0.662. The fourth-order valence-corrected chi connectivity index (χ4v) is 1.84. The molecule has 1 amide bonds. The number of aliphatic hydroxyl groups excluding tert-OH is 1. The Morgan fingerprint density at radius 1 is 1.71 bits per heavy atom. The normalized spacial score (nSPS) is 24.9. The highest BCUT2D eigenvalue weighted by Crippen LogP contribution is 2.19. The molecule has 0 aromatic carbocycles. The lowest BCUT2D eigenvalue weighted by Crippen LogP contribution is -2.29. The van der Waals surface area contributed by atoms with Crippen molar-refractivity contribution < 1.29 is 9.90 Å². The second-order valence-corrected chi connectivity index (χ2v) is 4.01. The number of nitrogens with one attached hydrogen (secondary N) is 1. The van der Waals surface area contributed by atoms with Crippen molar-refractivity contribution in [3.63, 3.8) is 0 Å². The number of aliphatic hydroxyl groups is 1. The molecule has 14 heavy (non-hydrogen) atoms. The number of carbonyl (C=O) groups excluding carboxylic acids is 1. The van der Waals surface area contributed by atoms with Gasteiger partial charge in [0.05, 0.1) is 6.10 Å². The average molecular weight is 200 g/mol. The molecule has 4 heteroatoms. The van der Waals surface area contributed by atoms with E-state index in [0.29, 0.717) is 12.3 Å². The second-order valence-electron chi connectivity index (χ2n) is 4.01. The molecule has 1 saturated heterocycles. The van der Waals surface area contributed by atoms with Gasteiger partial charge in [-0.25, -0.2) is 0 Å². The van der Waals surface area contributed by atoms with Crippen molar-refractivity contribution in [1.82, 2.24) is 10.2 Å². The fraction of sp³-hybridized carbons (Fsp3) is 0.900. The third kappa shape index (κ3) is 3.27. The van der Waals surface area contributed by atoms with E-state index in [1.807, 2.05) is 6.92 Å². The number of likely N-dealkylation sites (tertiary alicyclic amines) is 1. The molecule has 0 saturated carbocycles. The van der Waals surface area contributed by atoms with E-state index in [-0.39, 0.29) is 12.0 Å². The van der Waals surface area contributed by atoms with Gasteiger partial charge in [-0.3, -0.25) is 4.79 Å². The van der Waals surface area contributed by atoms with Gasteiger partial charge in [0.25, 0.3) is 0 Å². The number of rotatable bonds is 4. The SMILES string of the molecule is CNC(=O)CCN1CCC(C(C)O)C1. The van der Waals surface area contributed by atoms with E-state index in [1.54, 1.807) is 7.05 Å². The van der Waals surface area contributed by atoms with Gasteiger partial charge in [0, 0.05) is 26.6 Å². The maximum absolute atomic E-state index is 11.0. The molecular weight excluding hydrogens is 180 g/mol. The number of hydrogen-bond donors (Lipinski definition) is 2. The molecule has 2 N–H and O–H groups in total. The molecule has 82 valence electrons. The first-order chi connectivity index (χ1) is 6.63. The van der Waals surface area contributed by atoms with E-state index < -0.39 is 0 Å². The lowest BCUT2D eigenvalue weighted by molar-refractivity contribution is -0.120. The zero-order chi connectivity index (χ0) is 10.6. The summed E-state index contributed by atoms with van der Waals surface area (Å²) in [5.74, 6) is 0.477. The average Bonchev–Trinajstić information content (AvgIpc) is 2.62. The van der Waals surface area contributed by atoms with Gasteiger partial charge in [-0.2, -0.15) is 0 Å². The second kappa shape index (κ2) is 5.32. The van der Waals surface area contributed by atoms with Crippen LogP contribution in [-0.2, 0) is 4.79 Å². The van der Waals surface area contributed by atoms with Crippen molar-refractivity contribution in [2.24, 2.45) is 5.92 Å². The van der Waals surface area contributed by atoms with Crippen LogP contribution in [0.15, 0.2) is 0 Å². The minimum Gasteiger partial charge on any atom is -0.393 e. The topological polar surface area (TPSA) is 52.6 Å². The summed E-state index contributed by atoms with van der Waals surface area (Å²) in [6.07, 6.45) is 1.38. The van der Waals surface area contributed by atoms with Crippen molar-refractivity contribution in [1.29, 1.82) is 0 Å².